The number of ether oxygens (including phenoxy) is 1. The van der Waals surface area contributed by atoms with Crippen molar-refractivity contribution in [3.8, 4) is 5.75 Å². The molecular weight excluding hydrogens is 376 g/mol. The highest BCUT2D eigenvalue weighted by atomic mass is 16.5. The van der Waals surface area contributed by atoms with Crippen molar-refractivity contribution in [1.82, 2.24) is 4.90 Å². The Morgan fingerprint density at radius 1 is 1.03 bits per heavy atom. The summed E-state index contributed by atoms with van der Waals surface area (Å²) in [4.78, 5) is 28.0. The van der Waals surface area contributed by atoms with Crippen molar-refractivity contribution >= 4 is 28.3 Å². The molecule has 5 nitrogen and oxygen atoms in total. The maximum atomic E-state index is 13.3. The van der Waals surface area contributed by atoms with Gasteiger partial charge in [-0.05, 0) is 55.0 Å². The number of hydrogen-bond acceptors (Lipinski definition) is 3. The van der Waals surface area contributed by atoms with Crippen LogP contribution in [-0.4, -0.2) is 36.9 Å². The molecule has 3 aromatic carbocycles. The van der Waals surface area contributed by atoms with Crippen molar-refractivity contribution in [3.05, 3.63) is 71.8 Å². The van der Waals surface area contributed by atoms with Crippen molar-refractivity contribution in [3.63, 3.8) is 0 Å². The minimum absolute atomic E-state index is 0.0299. The number of likely N-dealkylation sites (tertiary alicyclic amines) is 1. The summed E-state index contributed by atoms with van der Waals surface area (Å²) in [6.45, 7) is 3.08. The quantitative estimate of drug-likeness (QED) is 0.691. The predicted molar refractivity (Wildman–Crippen MR) is 119 cm³/mol. The van der Waals surface area contributed by atoms with Gasteiger partial charge in [-0.25, -0.2) is 0 Å². The lowest BCUT2D eigenvalue weighted by atomic mass is 9.95. The fraction of sp³-hybridized carbons (Fsp3) is 0.280. The zero-order valence-corrected chi connectivity index (χ0v) is 17.4. The van der Waals surface area contributed by atoms with E-state index in [9.17, 15) is 9.59 Å². The van der Waals surface area contributed by atoms with Crippen LogP contribution in [0.25, 0.3) is 10.8 Å². The van der Waals surface area contributed by atoms with E-state index < -0.39 is 0 Å². The largest absolute Gasteiger partial charge is 0.496 e. The minimum atomic E-state index is -0.215. The number of anilines is 1. The maximum absolute atomic E-state index is 13.3. The molecule has 154 valence electrons. The number of nitrogens with one attached hydrogen (secondary N) is 1. The molecule has 2 amide bonds. The average molecular weight is 402 g/mol. The third-order valence-electron chi connectivity index (χ3n) is 5.70. The molecule has 0 saturated carbocycles. The summed E-state index contributed by atoms with van der Waals surface area (Å²) in [6.07, 6.45) is 1.59. The summed E-state index contributed by atoms with van der Waals surface area (Å²) in [6, 6.07) is 19.2. The van der Waals surface area contributed by atoms with Gasteiger partial charge in [0.1, 0.15) is 5.75 Å². The van der Waals surface area contributed by atoms with Crippen LogP contribution in [0.1, 0.15) is 28.8 Å². The first-order valence-corrected chi connectivity index (χ1v) is 10.3. The van der Waals surface area contributed by atoms with E-state index in [0.29, 0.717) is 18.7 Å². The molecule has 1 saturated heterocycles. The molecule has 1 aliphatic rings. The van der Waals surface area contributed by atoms with Gasteiger partial charge in [-0.1, -0.05) is 36.4 Å². The van der Waals surface area contributed by atoms with Crippen LogP contribution in [-0.2, 0) is 4.79 Å². The number of rotatable bonds is 4. The van der Waals surface area contributed by atoms with Crippen molar-refractivity contribution < 1.29 is 14.3 Å². The Kier molecular flexibility index (Phi) is 5.70. The molecule has 0 radical (unpaired) electrons. The van der Waals surface area contributed by atoms with Crippen molar-refractivity contribution in [2.75, 3.05) is 25.5 Å². The molecule has 1 heterocycles. The Morgan fingerprint density at radius 2 is 1.83 bits per heavy atom. The van der Waals surface area contributed by atoms with Crippen LogP contribution < -0.4 is 10.1 Å². The molecule has 1 fully saturated rings. The Morgan fingerprint density at radius 3 is 2.60 bits per heavy atom. The fourth-order valence-corrected chi connectivity index (χ4v) is 4.15. The number of amides is 2. The van der Waals surface area contributed by atoms with E-state index in [1.54, 1.807) is 12.0 Å². The number of hydrogen-bond donors (Lipinski definition) is 1. The van der Waals surface area contributed by atoms with Gasteiger partial charge in [0.2, 0.25) is 5.91 Å². The first kappa shape index (κ1) is 20.0. The SMILES string of the molecule is COc1ccc(C(=O)N2CCC[C@H](C(=O)Nc3cccc(C)c3)C2)c2ccccc12. The number of carbonyl (C=O) groups is 2. The number of methoxy groups -OCH3 is 1. The van der Waals surface area contributed by atoms with Crippen molar-refractivity contribution in [2.45, 2.75) is 19.8 Å². The number of carbonyl (C=O) groups excluding carboxylic acids is 2. The van der Waals surface area contributed by atoms with Crippen LogP contribution in [0.3, 0.4) is 0 Å². The van der Waals surface area contributed by atoms with E-state index in [0.717, 1.165) is 40.6 Å². The molecule has 0 spiro atoms. The second kappa shape index (κ2) is 8.57. The van der Waals surface area contributed by atoms with Crippen molar-refractivity contribution in [1.29, 1.82) is 0 Å². The first-order valence-electron chi connectivity index (χ1n) is 10.3. The maximum Gasteiger partial charge on any atom is 0.254 e. The molecule has 0 aromatic heterocycles. The van der Waals surface area contributed by atoms with Gasteiger partial charge in [0.05, 0.1) is 13.0 Å². The third kappa shape index (κ3) is 4.01. The minimum Gasteiger partial charge on any atom is -0.496 e. The van der Waals surface area contributed by atoms with Gasteiger partial charge >= 0.3 is 0 Å². The normalized spacial score (nSPS) is 16.3. The molecule has 0 unspecified atom stereocenters. The first-order chi connectivity index (χ1) is 14.6. The lowest BCUT2D eigenvalue weighted by Crippen LogP contribution is -2.43. The number of aryl methyl sites for hydroxylation is 1. The fourth-order valence-electron chi connectivity index (χ4n) is 4.15. The Labute approximate surface area is 176 Å². The standard InChI is InChI=1S/C25H26N2O3/c1-17-7-5-9-19(15-17)26-24(28)18-8-6-14-27(16-18)25(29)22-12-13-23(30-2)21-11-4-3-10-20(21)22/h3-5,7,9-13,15,18H,6,8,14,16H2,1-2H3,(H,26,28)/t18-/m0/s1. The van der Waals surface area contributed by atoms with E-state index >= 15 is 0 Å². The number of nitrogens with zero attached hydrogens (tertiary/aromatic N) is 1. The summed E-state index contributed by atoms with van der Waals surface area (Å²) >= 11 is 0. The van der Waals surface area contributed by atoms with Crippen LogP contribution in [0.4, 0.5) is 5.69 Å². The summed E-state index contributed by atoms with van der Waals surface area (Å²) < 4.78 is 5.44. The molecule has 4 rings (SSSR count). The van der Waals surface area contributed by atoms with Gasteiger partial charge in [-0.15, -0.1) is 0 Å². The molecular formula is C25H26N2O3. The van der Waals surface area contributed by atoms with Crippen molar-refractivity contribution in [2.24, 2.45) is 5.92 Å². The van der Waals surface area contributed by atoms with Gasteiger partial charge in [0.25, 0.3) is 5.91 Å². The second-order valence-corrected chi connectivity index (χ2v) is 7.81. The van der Waals surface area contributed by atoms with E-state index in [2.05, 4.69) is 5.32 Å². The molecule has 5 heteroatoms. The van der Waals surface area contributed by atoms with E-state index in [-0.39, 0.29) is 17.7 Å². The lowest BCUT2D eigenvalue weighted by Gasteiger charge is -2.32. The third-order valence-corrected chi connectivity index (χ3v) is 5.70. The zero-order chi connectivity index (χ0) is 21.1. The molecule has 1 aliphatic heterocycles. The number of benzene rings is 3. The number of fused-ring (bicyclic) bond motifs is 1. The highest BCUT2D eigenvalue weighted by Gasteiger charge is 2.29. The summed E-state index contributed by atoms with van der Waals surface area (Å²) in [5, 5.41) is 4.79. The summed E-state index contributed by atoms with van der Waals surface area (Å²) in [7, 11) is 1.63. The Balaban J connectivity index is 1.53. The highest BCUT2D eigenvalue weighted by Crippen LogP contribution is 2.30. The van der Waals surface area contributed by atoms with E-state index in [1.165, 1.54) is 0 Å². The van der Waals surface area contributed by atoms with E-state index in [4.69, 9.17) is 4.74 Å². The van der Waals surface area contributed by atoms with E-state index in [1.807, 2.05) is 67.6 Å². The Hall–Kier alpha value is -3.34. The summed E-state index contributed by atoms with van der Waals surface area (Å²) in [5.74, 6) is 0.462. The topological polar surface area (TPSA) is 58.6 Å². The second-order valence-electron chi connectivity index (χ2n) is 7.81. The molecule has 30 heavy (non-hydrogen) atoms. The molecule has 1 atom stereocenters. The van der Waals surface area contributed by atoms with Crippen LogP contribution in [0.15, 0.2) is 60.7 Å². The zero-order valence-electron chi connectivity index (χ0n) is 17.4. The lowest BCUT2D eigenvalue weighted by molar-refractivity contribution is -0.121. The monoisotopic (exact) mass is 402 g/mol. The van der Waals surface area contributed by atoms with Crippen LogP contribution in [0, 0.1) is 12.8 Å². The van der Waals surface area contributed by atoms with Gasteiger partial charge in [0, 0.05) is 29.7 Å². The van der Waals surface area contributed by atoms with Crippen LogP contribution in [0.5, 0.6) is 5.75 Å². The van der Waals surface area contributed by atoms with Gasteiger partial charge in [0.15, 0.2) is 0 Å². The van der Waals surface area contributed by atoms with Crippen LogP contribution in [0.2, 0.25) is 0 Å². The molecule has 0 bridgehead atoms. The molecule has 1 N–H and O–H groups in total. The van der Waals surface area contributed by atoms with Crippen LogP contribution >= 0.6 is 0 Å². The smallest absolute Gasteiger partial charge is 0.254 e. The summed E-state index contributed by atoms with van der Waals surface area (Å²) in [5.41, 5.74) is 2.54. The van der Waals surface area contributed by atoms with Gasteiger partial charge in [-0.3, -0.25) is 9.59 Å². The molecule has 0 aliphatic carbocycles. The van der Waals surface area contributed by atoms with Gasteiger partial charge in [-0.2, -0.15) is 0 Å². The highest BCUT2D eigenvalue weighted by molar-refractivity contribution is 6.08. The van der Waals surface area contributed by atoms with Gasteiger partial charge < -0.3 is 15.0 Å². The average Bonchev–Trinajstić information content (AvgIpc) is 2.78. The predicted octanol–water partition coefficient (Wildman–Crippen LogP) is 4.65. The number of piperidine rings is 1. The Bertz CT molecular complexity index is 1090. The molecule has 3 aromatic rings.